The molecule has 0 unspecified atom stereocenters. The van der Waals surface area contributed by atoms with E-state index in [4.69, 9.17) is 10.8 Å². The Labute approximate surface area is 116 Å². The van der Waals surface area contributed by atoms with Crippen LogP contribution >= 0.6 is 0 Å². The fourth-order valence-corrected chi connectivity index (χ4v) is 2.66. The van der Waals surface area contributed by atoms with Gasteiger partial charge < -0.3 is 15.4 Å². The summed E-state index contributed by atoms with van der Waals surface area (Å²) in [7, 11) is -3.80. The van der Waals surface area contributed by atoms with E-state index in [2.05, 4.69) is 4.40 Å². The molecule has 7 heteroatoms. The van der Waals surface area contributed by atoms with Crippen LogP contribution in [0.2, 0.25) is 0 Å². The van der Waals surface area contributed by atoms with Gasteiger partial charge in [-0.15, -0.1) is 4.40 Å². The van der Waals surface area contributed by atoms with E-state index < -0.39 is 10.0 Å². The van der Waals surface area contributed by atoms with Crippen LogP contribution in [-0.2, 0) is 16.6 Å². The lowest BCUT2D eigenvalue weighted by Crippen LogP contribution is -2.23. The van der Waals surface area contributed by atoms with Crippen molar-refractivity contribution in [1.29, 1.82) is 0 Å². The molecule has 1 aromatic carbocycles. The number of nitrogens with two attached hydrogens (primary N) is 1. The van der Waals surface area contributed by atoms with Gasteiger partial charge in [0.1, 0.15) is 5.49 Å². The van der Waals surface area contributed by atoms with Crippen molar-refractivity contribution in [3.63, 3.8) is 0 Å². The first kappa shape index (κ1) is 14.3. The van der Waals surface area contributed by atoms with Crippen LogP contribution in [0.25, 0.3) is 0 Å². The molecule has 0 atom stereocenters. The molecule has 0 bridgehead atoms. The number of hydrogen-bond acceptors (Lipinski definition) is 4. The highest BCUT2D eigenvalue weighted by molar-refractivity contribution is 7.90. The molecule has 0 aliphatic rings. The standard InChI is InChI=1S/C13H15N3O3S/c14-11-4-6-12(7-5-11)20(18,19)15-13-3-1-2-8-16(13)9-10-17/h1-8,17H,9-10,14H2/b15-13+. The number of benzene rings is 1. The van der Waals surface area contributed by atoms with E-state index in [9.17, 15) is 8.42 Å². The van der Waals surface area contributed by atoms with Crippen LogP contribution in [-0.4, -0.2) is 24.7 Å². The molecule has 0 saturated carbocycles. The van der Waals surface area contributed by atoms with E-state index >= 15 is 0 Å². The molecule has 0 spiro atoms. The first-order valence-electron chi connectivity index (χ1n) is 5.96. The summed E-state index contributed by atoms with van der Waals surface area (Å²) in [5, 5.41) is 8.96. The molecule has 0 amide bonds. The topological polar surface area (TPSA) is 97.7 Å². The van der Waals surface area contributed by atoms with Crippen LogP contribution in [0.15, 0.2) is 58.0 Å². The number of nitrogens with zero attached hydrogens (tertiary/aromatic N) is 2. The summed E-state index contributed by atoms with van der Waals surface area (Å²) in [4.78, 5) is 0.0751. The van der Waals surface area contributed by atoms with Crippen molar-refractivity contribution >= 4 is 15.7 Å². The summed E-state index contributed by atoms with van der Waals surface area (Å²) in [5.74, 6) is 0. The van der Waals surface area contributed by atoms with Crippen LogP contribution < -0.4 is 11.2 Å². The largest absolute Gasteiger partial charge is 0.399 e. The van der Waals surface area contributed by atoms with E-state index in [0.29, 0.717) is 5.69 Å². The van der Waals surface area contributed by atoms with E-state index in [-0.39, 0.29) is 23.5 Å². The molecule has 106 valence electrons. The van der Waals surface area contributed by atoms with Gasteiger partial charge in [0.15, 0.2) is 0 Å². The zero-order valence-electron chi connectivity index (χ0n) is 10.7. The third kappa shape index (κ3) is 3.25. The molecule has 1 aromatic heterocycles. The minimum Gasteiger partial charge on any atom is -0.399 e. The Balaban J connectivity index is 2.51. The van der Waals surface area contributed by atoms with Gasteiger partial charge >= 0.3 is 0 Å². The molecule has 0 radical (unpaired) electrons. The molecular weight excluding hydrogens is 278 g/mol. The maximum absolute atomic E-state index is 12.2. The second-order valence-electron chi connectivity index (χ2n) is 4.11. The molecule has 3 N–H and O–H groups in total. The molecule has 0 saturated heterocycles. The molecule has 0 fully saturated rings. The van der Waals surface area contributed by atoms with Crippen molar-refractivity contribution in [2.75, 3.05) is 12.3 Å². The number of hydrogen-bond donors (Lipinski definition) is 2. The number of anilines is 1. The highest BCUT2D eigenvalue weighted by Crippen LogP contribution is 2.13. The van der Waals surface area contributed by atoms with Crippen molar-refractivity contribution in [3.8, 4) is 0 Å². The molecule has 1 heterocycles. The van der Waals surface area contributed by atoms with Gasteiger partial charge in [0.2, 0.25) is 0 Å². The average molecular weight is 293 g/mol. The predicted octanol–water partition coefficient (Wildman–Crippen LogP) is 0.352. The monoisotopic (exact) mass is 293 g/mol. The number of rotatable bonds is 4. The number of aliphatic hydroxyl groups excluding tert-OH is 1. The summed E-state index contributed by atoms with van der Waals surface area (Å²) in [6, 6.07) is 10.8. The second-order valence-corrected chi connectivity index (χ2v) is 5.72. The Bertz CT molecular complexity index is 749. The van der Waals surface area contributed by atoms with E-state index in [1.165, 1.54) is 24.3 Å². The van der Waals surface area contributed by atoms with Gasteiger partial charge in [-0.05, 0) is 36.4 Å². The fourth-order valence-electron chi connectivity index (χ4n) is 1.66. The van der Waals surface area contributed by atoms with E-state index in [1.807, 2.05) is 0 Å². The van der Waals surface area contributed by atoms with Crippen molar-refractivity contribution in [2.24, 2.45) is 4.40 Å². The molecule has 2 rings (SSSR count). The van der Waals surface area contributed by atoms with Crippen LogP contribution in [0.3, 0.4) is 0 Å². The normalized spacial score (nSPS) is 12.6. The lowest BCUT2D eigenvalue weighted by molar-refractivity contribution is 0.273. The Morgan fingerprint density at radius 1 is 1.15 bits per heavy atom. The Morgan fingerprint density at radius 3 is 2.50 bits per heavy atom. The van der Waals surface area contributed by atoms with Crippen molar-refractivity contribution in [2.45, 2.75) is 11.4 Å². The predicted molar refractivity (Wildman–Crippen MR) is 75.1 cm³/mol. The first-order valence-corrected chi connectivity index (χ1v) is 7.40. The summed E-state index contributed by atoms with van der Waals surface area (Å²) < 4.78 is 29.7. The smallest absolute Gasteiger partial charge is 0.284 e. The molecule has 0 aliphatic heterocycles. The number of aliphatic hydroxyl groups is 1. The van der Waals surface area contributed by atoms with Gasteiger partial charge in [-0.1, -0.05) is 6.07 Å². The van der Waals surface area contributed by atoms with Gasteiger partial charge in [0.25, 0.3) is 10.0 Å². The highest BCUT2D eigenvalue weighted by Gasteiger charge is 2.12. The Morgan fingerprint density at radius 2 is 1.85 bits per heavy atom. The zero-order chi connectivity index (χ0) is 14.6. The van der Waals surface area contributed by atoms with Crippen LogP contribution in [0, 0.1) is 0 Å². The first-order chi connectivity index (χ1) is 9.53. The minimum absolute atomic E-state index is 0.0751. The summed E-state index contributed by atoms with van der Waals surface area (Å²) in [6.45, 7) is 0.177. The Kier molecular flexibility index (Phi) is 4.21. The number of pyridine rings is 1. The zero-order valence-corrected chi connectivity index (χ0v) is 11.5. The SMILES string of the molecule is Nc1ccc(S(=O)(=O)/N=c2\ccccn2CCO)cc1. The number of nitrogen functional groups attached to an aromatic ring is 1. The highest BCUT2D eigenvalue weighted by atomic mass is 32.2. The van der Waals surface area contributed by atoms with E-state index in [0.717, 1.165) is 0 Å². The summed E-state index contributed by atoms with van der Waals surface area (Å²) in [6.07, 6.45) is 1.66. The third-order valence-electron chi connectivity index (χ3n) is 2.65. The molecule has 2 aromatic rings. The van der Waals surface area contributed by atoms with Crippen LogP contribution in [0.5, 0.6) is 0 Å². The van der Waals surface area contributed by atoms with Crippen molar-refractivity contribution in [1.82, 2.24) is 4.57 Å². The molecular formula is C13H15N3O3S. The number of sulfonamides is 1. The number of aromatic nitrogens is 1. The summed E-state index contributed by atoms with van der Waals surface area (Å²) in [5.41, 5.74) is 6.28. The average Bonchev–Trinajstić information content (AvgIpc) is 2.41. The van der Waals surface area contributed by atoms with Gasteiger partial charge in [-0.2, -0.15) is 8.42 Å². The summed E-state index contributed by atoms with van der Waals surface area (Å²) >= 11 is 0. The van der Waals surface area contributed by atoms with Crippen molar-refractivity contribution < 1.29 is 13.5 Å². The molecule has 20 heavy (non-hydrogen) atoms. The van der Waals surface area contributed by atoms with Crippen LogP contribution in [0.1, 0.15) is 0 Å². The lowest BCUT2D eigenvalue weighted by atomic mass is 10.3. The Hall–Kier alpha value is -2.12. The van der Waals surface area contributed by atoms with E-state index in [1.54, 1.807) is 29.0 Å². The molecule has 0 aliphatic carbocycles. The van der Waals surface area contributed by atoms with Gasteiger partial charge in [-0.25, -0.2) is 0 Å². The maximum Gasteiger partial charge on any atom is 0.284 e. The minimum atomic E-state index is -3.80. The van der Waals surface area contributed by atoms with Crippen molar-refractivity contribution in [3.05, 3.63) is 54.1 Å². The maximum atomic E-state index is 12.2. The lowest BCUT2D eigenvalue weighted by Gasteiger charge is -2.05. The quantitative estimate of drug-likeness (QED) is 0.795. The molecule has 6 nitrogen and oxygen atoms in total. The van der Waals surface area contributed by atoms with Gasteiger partial charge in [-0.3, -0.25) is 0 Å². The van der Waals surface area contributed by atoms with Gasteiger partial charge in [0.05, 0.1) is 11.5 Å². The second kappa shape index (κ2) is 5.89. The van der Waals surface area contributed by atoms with Gasteiger partial charge in [0, 0.05) is 18.4 Å². The van der Waals surface area contributed by atoms with Crippen LogP contribution in [0.4, 0.5) is 5.69 Å². The third-order valence-corrected chi connectivity index (χ3v) is 3.94. The fraction of sp³-hybridized carbons (Fsp3) is 0.154.